The van der Waals surface area contributed by atoms with Gasteiger partial charge in [0.2, 0.25) is 5.95 Å². The summed E-state index contributed by atoms with van der Waals surface area (Å²) in [6.07, 6.45) is 8.06. The minimum atomic E-state index is -0.0609. The highest BCUT2D eigenvalue weighted by Crippen LogP contribution is 2.35. The van der Waals surface area contributed by atoms with Gasteiger partial charge in [0.25, 0.3) is 5.88 Å². The van der Waals surface area contributed by atoms with E-state index in [4.69, 9.17) is 5.73 Å². The molecule has 3 rings (SSSR count). The molecule has 0 radical (unpaired) electrons. The maximum atomic E-state index is 12.6. The van der Waals surface area contributed by atoms with Crippen LogP contribution in [0.2, 0.25) is 0 Å². The lowest BCUT2D eigenvalue weighted by Crippen LogP contribution is -2.03. The van der Waals surface area contributed by atoms with Crippen LogP contribution in [-0.2, 0) is 12.8 Å². The zero-order valence-corrected chi connectivity index (χ0v) is 14.5. The van der Waals surface area contributed by atoms with E-state index in [9.17, 15) is 4.53 Å². The second-order valence-corrected chi connectivity index (χ2v) is 6.01. The molecule has 0 unspecified atom stereocenters. The molecule has 1 heterocycles. The normalized spacial score (nSPS) is 12.3. The monoisotopic (exact) mass is 331 g/mol. The quantitative estimate of drug-likeness (QED) is 0.795. The molecule has 0 saturated heterocycles. The fraction of sp³-hybridized carbons (Fsp3) is 0.474. The van der Waals surface area contributed by atoms with Gasteiger partial charge < -0.3 is 5.73 Å². The van der Waals surface area contributed by atoms with Crippen molar-refractivity contribution in [3.8, 4) is 17.1 Å². The van der Waals surface area contributed by atoms with Gasteiger partial charge >= 0.3 is 0 Å². The lowest BCUT2D eigenvalue weighted by atomic mass is 10.0. The fourth-order valence-electron chi connectivity index (χ4n) is 2.92. The molecule has 0 spiro atoms. The summed E-state index contributed by atoms with van der Waals surface area (Å²) in [4.78, 5) is 11.9. The van der Waals surface area contributed by atoms with Gasteiger partial charge in [-0.1, -0.05) is 63.8 Å². The Labute approximate surface area is 143 Å². The molecule has 0 bridgehead atoms. The zero-order valence-electron chi connectivity index (χ0n) is 14.5. The van der Waals surface area contributed by atoms with Gasteiger partial charge in [-0.05, 0) is 24.8 Å². The molecule has 1 aromatic heterocycles. The summed E-state index contributed by atoms with van der Waals surface area (Å²) in [6, 6.07) is 7.94. The van der Waals surface area contributed by atoms with E-state index in [0.717, 1.165) is 18.4 Å². The number of anilines is 1. The van der Waals surface area contributed by atoms with Crippen LogP contribution >= 0.6 is 0 Å². The highest BCUT2D eigenvalue weighted by atomic mass is 19.3. The zero-order chi connectivity index (χ0) is 17.4. The first kappa shape index (κ1) is 18.2. The molecule has 0 aliphatic heterocycles. The molecular weight excluding hydrogens is 305 g/mol. The molecule has 0 saturated carbocycles. The molecule has 5 heteroatoms. The Bertz CT molecular complexity index is 657. The number of nitrogen functional groups attached to an aromatic ring is 1. The van der Waals surface area contributed by atoms with E-state index in [0.29, 0.717) is 17.7 Å². The van der Waals surface area contributed by atoms with Crippen LogP contribution in [-0.4, -0.2) is 9.97 Å². The van der Waals surface area contributed by atoms with Crippen molar-refractivity contribution in [2.24, 2.45) is 0 Å². The Morgan fingerprint density at radius 3 is 2.46 bits per heavy atom. The van der Waals surface area contributed by atoms with E-state index < -0.39 is 0 Å². The first-order valence-corrected chi connectivity index (χ1v) is 8.74. The highest BCUT2D eigenvalue weighted by Gasteiger charge is 2.21. The van der Waals surface area contributed by atoms with Crippen molar-refractivity contribution >= 4 is 5.95 Å². The van der Waals surface area contributed by atoms with Gasteiger partial charge in [0, 0.05) is 15.7 Å². The van der Waals surface area contributed by atoms with Gasteiger partial charge in [0.15, 0.2) is 0 Å². The van der Waals surface area contributed by atoms with Crippen molar-refractivity contribution in [1.29, 1.82) is 0 Å². The maximum absolute atomic E-state index is 12.6. The summed E-state index contributed by atoms with van der Waals surface area (Å²) in [6.45, 7) is 4.46. The van der Waals surface area contributed by atoms with E-state index in [-0.39, 0.29) is 11.8 Å². The van der Waals surface area contributed by atoms with E-state index in [2.05, 4.69) is 34.8 Å². The fourth-order valence-corrected chi connectivity index (χ4v) is 2.92. The summed E-state index contributed by atoms with van der Waals surface area (Å²) in [5.41, 5.74) is 9.15. The second kappa shape index (κ2) is 9.21. The molecule has 0 fully saturated rings. The topological polar surface area (TPSA) is 61.0 Å². The molecule has 2 aromatic rings. The average molecular weight is 331 g/mol. The highest BCUT2D eigenvalue weighted by molar-refractivity contribution is 5.70. The molecule has 24 heavy (non-hydrogen) atoms. The van der Waals surface area contributed by atoms with Crippen molar-refractivity contribution in [2.45, 2.75) is 58.8 Å². The SMILES string of the molecule is CCCCCC.Nc1nc(OF)c2c(n1)-c1ccccc1CCC2. The van der Waals surface area contributed by atoms with Crippen LogP contribution in [0.25, 0.3) is 11.3 Å². The molecule has 0 amide bonds. The lowest BCUT2D eigenvalue weighted by molar-refractivity contribution is -0.0129. The van der Waals surface area contributed by atoms with Gasteiger partial charge in [-0.25, -0.2) is 4.98 Å². The predicted octanol–water partition coefficient (Wildman–Crippen LogP) is 5.06. The Balaban J connectivity index is 0.000000301. The van der Waals surface area contributed by atoms with Crippen LogP contribution in [0.1, 0.15) is 57.1 Å². The number of nitrogens with zero attached hydrogens (tertiary/aromatic N) is 2. The molecular formula is C19H26FN3O. The number of aromatic nitrogens is 2. The third-order valence-corrected chi connectivity index (χ3v) is 4.16. The number of hydrogen-bond acceptors (Lipinski definition) is 4. The van der Waals surface area contributed by atoms with Gasteiger partial charge in [-0.3, -0.25) is 4.94 Å². The summed E-state index contributed by atoms with van der Waals surface area (Å²) in [5, 5.41) is 0. The number of halogens is 1. The molecule has 1 aromatic carbocycles. The summed E-state index contributed by atoms with van der Waals surface area (Å²) in [5.74, 6) is -0.0349. The van der Waals surface area contributed by atoms with Crippen LogP contribution in [0.15, 0.2) is 24.3 Å². The van der Waals surface area contributed by atoms with Crippen LogP contribution in [0.4, 0.5) is 10.5 Å². The van der Waals surface area contributed by atoms with Crippen molar-refractivity contribution in [3.63, 3.8) is 0 Å². The third-order valence-electron chi connectivity index (χ3n) is 4.16. The largest absolute Gasteiger partial charge is 0.368 e. The van der Waals surface area contributed by atoms with E-state index in [1.807, 2.05) is 18.2 Å². The predicted molar refractivity (Wildman–Crippen MR) is 95.5 cm³/mol. The van der Waals surface area contributed by atoms with Gasteiger partial charge in [-0.15, -0.1) is 0 Å². The number of benzene rings is 1. The Kier molecular flexibility index (Phi) is 6.97. The van der Waals surface area contributed by atoms with Gasteiger partial charge in [0.1, 0.15) is 0 Å². The Hall–Kier alpha value is -2.17. The number of nitrogens with two attached hydrogens (primary N) is 1. The van der Waals surface area contributed by atoms with E-state index in [1.54, 1.807) is 0 Å². The van der Waals surface area contributed by atoms with Crippen molar-refractivity contribution in [2.75, 3.05) is 5.73 Å². The molecule has 130 valence electrons. The molecule has 4 nitrogen and oxygen atoms in total. The molecule has 1 aliphatic rings. The second-order valence-electron chi connectivity index (χ2n) is 6.01. The first-order valence-electron chi connectivity index (χ1n) is 8.74. The van der Waals surface area contributed by atoms with Crippen molar-refractivity contribution in [3.05, 3.63) is 35.4 Å². The van der Waals surface area contributed by atoms with Crippen LogP contribution in [0.3, 0.4) is 0 Å². The minimum Gasteiger partial charge on any atom is -0.368 e. The maximum Gasteiger partial charge on any atom is 0.271 e. The summed E-state index contributed by atoms with van der Waals surface area (Å²) in [7, 11) is 0. The minimum absolute atomic E-state index is 0.0260. The third kappa shape index (κ3) is 4.43. The molecule has 0 atom stereocenters. The smallest absolute Gasteiger partial charge is 0.271 e. The number of hydrogen-bond donors (Lipinski definition) is 1. The number of unbranched alkanes of at least 4 members (excludes halogenated alkanes) is 3. The average Bonchev–Trinajstić information content (AvgIpc) is 2.79. The van der Waals surface area contributed by atoms with E-state index >= 15 is 0 Å². The van der Waals surface area contributed by atoms with Gasteiger partial charge in [0.05, 0.1) is 5.69 Å². The van der Waals surface area contributed by atoms with Crippen molar-refractivity contribution in [1.82, 2.24) is 9.97 Å². The molecule has 1 aliphatic carbocycles. The van der Waals surface area contributed by atoms with Crippen LogP contribution < -0.4 is 10.7 Å². The van der Waals surface area contributed by atoms with Crippen molar-refractivity contribution < 1.29 is 9.47 Å². The van der Waals surface area contributed by atoms with Gasteiger partial charge in [-0.2, -0.15) is 4.98 Å². The summed E-state index contributed by atoms with van der Waals surface area (Å²) >= 11 is 0. The Morgan fingerprint density at radius 1 is 1.08 bits per heavy atom. The molecule has 2 N–H and O–H groups in total. The van der Waals surface area contributed by atoms with E-state index in [1.165, 1.54) is 31.2 Å². The van der Waals surface area contributed by atoms with Crippen LogP contribution in [0, 0.1) is 0 Å². The number of aryl methyl sites for hydroxylation is 1. The number of rotatable bonds is 4. The number of fused-ring (bicyclic) bond motifs is 3. The van der Waals surface area contributed by atoms with Crippen LogP contribution in [0.5, 0.6) is 5.88 Å². The summed E-state index contributed by atoms with van der Waals surface area (Å²) < 4.78 is 12.6. The Morgan fingerprint density at radius 2 is 1.79 bits per heavy atom. The first-order chi connectivity index (χ1) is 11.7. The standard InChI is InChI=1S/C13H12FN3O.C6H14/c14-18-12-10-7-3-5-8-4-1-2-6-9(8)11(10)16-13(15)17-12;1-3-5-6-4-2/h1-2,4,6H,3,5,7H2,(H2,15,16,17);3-6H2,1-2H3. The lowest BCUT2D eigenvalue weighted by Gasteiger charge is -2.09.